The van der Waals surface area contributed by atoms with Crippen LogP contribution < -0.4 is 0 Å². The minimum absolute atomic E-state index is 0.0765. The fourth-order valence-electron chi connectivity index (χ4n) is 6.69. The van der Waals surface area contributed by atoms with Gasteiger partial charge in [-0.15, -0.1) is 0 Å². The van der Waals surface area contributed by atoms with Crippen molar-refractivity contribution in [2.45, 2.75) is 75.7 Å². The standard InChI is InChI=1S/C27H30O10/c1-13-16-10-26(34,11-17(13)29)23(36-24(33)15-7-5-4-6-8-15)21-25(3,22(32)20(16)31)18(30)9-19-27(21,12-35-19)37-14(2)28/h4-8,17-19,21,23,29-30,34H,9-12H2,1-3H3/t17?,18-,19+,21-,23-,25+,26+,27-/m0/s1. The molecule has 0 aromatic heterocycles. The summed E-state index contributed by atoms with van der Waals surface area (Å²) in [6.07, 6.45) is -5.93. The molecular weight excluding hydrogens is 484 g/mol. The Hall–Kier alpha value is -2.92. The van der Waals surface area contributed by atoms with E-state index in [0.29, 0.717) is 0 Å². The summed E-state index contributed by atoms with van der Waals surface area (Å²) >= 11 is 0. The molecule has 0 radical (unpaired) electrons. The number of carbonyl (C=O) groups excluding carboxylic acids is 4. The zero-order valence-corrected chi connectivity index (χ0v) is 20.8. The highest BCUT2D eigenvalue weighted by Crippen LogP contribution is 2.60. The van der Waals surface area contributed by atoms with E-state index in [1.807, 2.05) is 0 Å². The molecule has 1 aromatic carbocycles. The molecule has 0 amide bonds. The molecule has 37 heavy (non-hydrogen) atoms. The number of esters is 2. The molecule has 10 nitrogen and oxygen atoms in total. The zero-order valence-electron chi connectivity index (χ0n) is 20.8. The van der Waals surface area contributed by atoms with Crippen LogP contribution in [0.25, 0.3) is 0 Å². The zero-order chi connectivity index (χ0) is 26.9. The molecule has 3 N–H and O–H groups in total. The van der Waals surface area contributed by atoms with Gasteiger partial charge in [-0.1, -0.05) is 18.2 Å². The van der Waals surface area contributed by atoms with Crippen molar-refractivity contribution in [3.63, 3.8) is 0 Å². The smallest absolute Gasteiger partial charge is 0.338 e. The number of benzene rings is 1. The Kier molecular flexibility index (Phi) is 5.95. The maximum absolute atomic E-state index is 13.9. The molecule has 0 spiro atoms. The van der Waals surface area contributed by atoms with Crippen molar-refractivity contribution in [2.75, 3.05) is 6.61 Å². The minimum Gasteiger partial charge on any atom is -0.455 e. The number of hydrogen-bond donors (Lipinski definition) is 3. The van der Waals surface area contributed by atoms with Gasteiger partial charge in [-0.3, -0.25) is 14.4 Å². The van der Waals surface area contributed by atoms with Crippen LogP contribution in [0.4, 0.5) is 0 Å². The van der Waals surface area contributed by atoms with Gasteiger partial charge in [0.25, 0.3) is 0 Å². The summed E-state index contributed by atoms with van der Waals surface area (Å²) in [7, 11) is 0. The maximum Gasteiger partial charge on any atom is 0.338 e. The third-order valence-corrected chi connectivity index (χ3v) is 8.74. The third kappa shape index (κ3) is 3.61. The Morgan fingerprint density at radius 2 is 1.81 bits per heavy atom. The average molecular weight is 515 g/mol. The number of ketones is 2. The second-order valence-corrected chi connectivity index (χ2v) is 10.9. The summed E-state index contributed by atoms with van der Waals surface area (Å²) in [4.78, 5) is 53.0. The number of Topliss-reactive ketones (excluding diaryl/α,β-unsaturated/α-hetero) is 2. The lowest BCUT2D eigenvalue weighted by atomic mass is 9.48. The van der Waals surface area contributed by atoms with E-state index in [0.717, 1.165) is 0 Å². The molecule has 1 unspecified atom stereocenters. The largest absolute Gasteiger partial charge is 0.455 e. The van der Waals surface area contributed by atoms with E-state index in [1.165, 1.54) is 32.9 Å². The molecule has 1 aliphatic heterocycles. The number of ether oxygens (including phenoxy) is 3. The molecule has 1 aromatic rings. The number of fused-ring (bicyclic) bond motifs is 5. The van der Waals surface area contributed by atoms with Crippen LogP contribution in [0.1, 0.15) is 50.4 Å². The van der Waals surface area contributed by atoms with Crippen molar-refractivity contribution >= 4 is 23.5 Å². The lowest BCUT2D eigenvalue weighted by Crippen LogP contribution is -2.80. The molecule has 4 aliphatic rings. The van der Waals surface area contributed by atoms with Crippen LogP contribution in [-0.2, 0) is 28.6 Å². The van der Waals surface area contributed by atoms with Gasteiger partial charge in [-0.25, -0.2) is 4.79 Å². The van der Waals surface area contributed by atoms with Crippen molar-refractivity contribution < 1.29 is 48.7 Å². The van der Waals surface area contributed by atoms with Crippen molar-refractivity contribution in [2.24, 2.45) is 11.3 Å². The first-order valence-electron chi connectivity index (χ1n) is 12.3. The van der Waals surface area contributed by atoms with Crippen LogP contribution in [0.3, 0.4) is 0 Å². The number of carbonyl (C=O) groups is 4. The van der Waals surface area contributed by atoms with E-state index in [1.54, 1.807) is 18.2 Å². The van der Waals surface area contributed by atoms with E-state index in [2.05, 4.69) is 0 Å². The summed E-state index contributed by atoms with van der Waals surface area (Å²) in [6, 6.07) is 8.00. The Balaban J connectivity index is 1.75. The minimum atomic E-state index is -2.02. The van der Waals surface area contributed by atoms with Gasteiger partial charge < -0.3 is 29.5 Å². The lowest BCUT2D eigenvalue weighted by Gasteiger charge is -2.64. The van der Waals surface area contributed by atoms with Crippen LogP contribution in [0, 0.1) is 11.3 Å². The first-order valence-corrected chi connectivity index (χ1v) is 12.3. The predicted molar refractivity (Wildman–Crippen MR) is 125 cm³/mol. The van der Waals surface area contributed by atoms with Gasteiger partial charge in [0, 0.05) is 31.8 Å². The van der Waals surface area contributed by atoms with Gasteiger partial charge in [0.15, 0.2) is 5.60 Å². The molecule has 3 aliphatic carbocycles. The summed E-state index contributed by atoms with van der Waals surface area (Å²) in [5, 5.41) is 34.2. The molecule has 8 atom stereocenters. The highest BCUT2D eigenvalue weighted by molar-refractivity contribution is 6.45. The fourth-order valence-corrected chi connectivity index (χ4v) is 6.69. The Morgan fingerprint density at radius 3 is 2.41 bits per heavy atom. The van der Waals surface area contributed by atoms with E-state index >= 15 is 0 Å². The Bertz CT molecular complexity index is 1210. The van der Waals surface area contributed by atoms with E-state index < -0.39 is 70.5 Å². The van der Waals surface area contributed by atoms with Gasteiger partial charge in [-0.2, -0.15) is 0 Å². The molecule has 3 fully saturated rings. The van der Waals surface area contributed by atoms with Crippen molar-refractivity contribution in [3.8, 4) is 0 Å². The monoisotopic (exact) mass is 514 g/mol. The van der Waals surface area contributed by atoms with E-state index in [4.69, 9.17) is 14.2 Å². The van der Waals surface area contributed by atoms with Crippen molar-refractivity contribution in [1.82, 2.24) is 0 Å². The molecule has 1 saturated heterocycles. The first kappa shape index (κ1) is 25.7. The van der Waals surface area contributed by atoms with E-state index in [-0.39, 0.29) is 42.6 Å². The molecule has 2 bridgehead atoms. The Morgan fingerprint density at radius 1 is 1.14 bits per heavy atom. The van der Waals surface area contributed by atoms with Crippen LogP contribution in [0.15, 0.2) is 41.5 Å². The number of aliphatic hydroxyl groups is 3. The molecule has 10 heteroatoms. The maximum atomic E-state index is 13.9. The van der Waals surface area contributed by atoms with Gasteiger partial charge in [0.1, 0.15) is 17.8 Å². The summed E-state index contributed by atoms with van der Waals surface area (Å²) < 4.78 is 17.4. The fraction of sp³-hybridized carbons (Fsp3) is 0.556. The predicted octanol–water partition coefficient (Wildman–Crippen LogP) is 0.654. The lowest BCUT2D eigenvalue weighted by molar-refractivity contribution is -0.339. The van der Waals surface area contributed by atoms with Crippen LogP contribution >= 0.6 is 0 Å². The van der Waals surface area contributed by atoms with Gasteiger partial charge in [0.2, 0.25) is 11.6 Å². The van der Waals surface area contributed by atoms with Crippen LogP contribution in [0.2, 0.25) is 0 Å². The normalized spacial score (nSPS) is 41.0. The average Bonchev–Trinajstić information content (AvgIpc) is 2.85. The SMILES string of the molecule is CC(=O)O[C@@]12CO[C@@H]1C[C@H](O)[C@@]1(C)C(=O)C(=O)C3=C(C)C(O)C[C@](O)(C3)[C@@H](OC(=O)c3ccccc3)[C@H]21. The highest BCUT2D eigenvalue weighted by Gasteiger charge is 2.75. The second kappa shape index (κ2) is 8.56. The van der Waals surface area contributed by atoms with Crippen LogP contribution in [-0.4, -0.2) is 81.0 Å². The summed E-state index contributed by atoms with van der Waals surface area (Å²) in [5.41, 5.74) is -5.16. The van der Waals surface area contributed by atoms with Gasteiger partial charge in [0.05, 0.1) is 35.7 Å². The molecule has 2 saturated carbocycles. The van der Waals surface area contributed by atoms with Gasteiger partial charge >= 0.3 is 11.9 Å². The van der Waals surface area contributed by atoms with Crippen molar-refractivity contribution in [3.05, 3.63) is 47.0 Å². The number of hydrogen-bond acceptors (Lipinski definition) is 10. The second-order valence-electron chi connectivity index (χ2n) is 10.9. The topological polar surface area (TPSA) is 157 Å². The van der Waals surface area contributed by atoms with Crippen LogP contribution in [0.5, 0.6) is 0 Å². The van der Waals surface area contributed by atoms with Gasteiger partial charge in [-0.05, 0) is 31.6 Å². The molecule has 5 rings (SSSR count). The first-order chi connectivity index (χ1) is 17.3. The van der Waals surface area contributed by atoms with E-state index in [9.17, 15) is 34.5 Å². The molecule has 198 valence electrons. The Labute approximate surface area is 213 Å². The van der Waals surface area contributed by atoms with Crippen molar-refractivity contribution in [1.29, 1.82) is 0 Å². The summed E-state index contributed by atoms with van der Waals surface area (Å²) in [5.74, 6) is -4.78. The number of aliphatic hydroxyl groups excluding tert-OH is 2. The summed E-state index contributed by atoms with van der Waals surface area (Å²) in [6.45, 7) is 3.87. The quantitative estimate of drug-likeness (QED) is 0.387. The third-order valence-electron chi connectivity index (χ3n) is 8.74. The highest BCUT2D eigenvalue weighted by atomic mass is 16.6. The number of rotatable bonds is 3. The molecular formula is C27H30O10. The molecule has 1 heterocycles.